The Balaban J connectivity index is 4.28. The molecule has 0 aromatic carbocycles. The maximum atomic E-state index is 10.5. The Morgan fingerprint density at radius 3 is 2.36 bits per heavy atom. The summed E-state index contributed by atoms with van der Waals surface area (Å²) in [6.45, 7) is 10.2. The van der Waals surface area contributed by atoms with Crippen LogP contribution in [0.1, 0.15) is 13.8 Å². The van der Waals surface area contributed by atoms with Gasteiger partial charge in [-0.15, -0.1) is 0 Å². The first-order valence-corrected chi connectivity index (χ1v) is 3.17. The minimum atomic E-state index is -0.162. The number of aliphatic imine (C=N–C) groups is 1. The van der Waals surface area contributed by atoms with Crippen LogP contribution >= 0.6 is 0 Å². The molecule has 0 spiro atoms. The van der Waals surface area contributed by atoms with E-state index in [-0.39, 0.29) is 5.91 Å². The van der Waals surface area contributed by atoms with Crippen LogP contribution in [0.5, 0.6) is 0 Å². The minimum absolute atomic E-state index is 0.162. The van der Waals surface area contributed by atoms with E-state index in [9.17, 15) is 4.79 Å². The zero-order chi connectivity index (χ0) is 8.85. The van der Waals surface area contributed by atoms with Crippen LogP contribution in [-0.4, -0.2) is 12.6 Å². The summed E-state index contributed by atoms with van der Waals surface area (Å²) in [6.07, 6.45) is 1.65. The molecule has 0 fully saturated rings. The Morgan fingerprint density at radius 1 is 1.55 bits per heavy atom. The van der Waals surface area contributed by atoms with Crippen LogP contribution in [0.25, 0.3) is 0 Å². The van der Waals surface area contributed by atoms with E-state index in [4.69, 9.17) is 0 Å². The van der Waals surface area contributed by atoms with Crippen LogP contribution in [0, 0.1) is 0 Å². The Kier molecular flexibility index (Phi) is 3.88. The molecule has 60 valence electrons. The fraction of sp³-hybridized carbons (Fsp3) is 0.250. The maximum absolute atomic E-state index is 10.5. The molecule has 1 amide bonds. The maximum Gasteiger partial charge on any atom is 0.222 e. The summed E-state index contributed by atoms with van der Waals surface area (Å²) in [6, 6.07) is 0. The number of allylic oxidation sites excluding steroid dienone is 2. The van der Waals surface area contributed by atoms with Gasteiger partial charge in [-0.25, -0.2) is 4.99 Å². The topological polar surface area (TPSA) is 41.5 Å². The second-order valence-electron chi connectivity index (χ2n) is 2.22. The Labute approximate surface area is 66.5 Å². The molecule has 0 aliphatic carbocycles. The van der Waals surface area contributed by atoms with Crippen molar-refractivity contribution in [3.63, 3.8) is 0 Å². The van der Waals surface area contributed by atoms with Gasteiger partial charge in [0.15, 0.2) is 0 Å². The Hall–Kier alpha value is -1.38. The zero-order valence-electron chi connectivity index (χ0n) is 6.85. The number of hydrogen-bond acceptors (Lipinski definition) is 2. The van der Waals surface area contributed by atoms with Gasteiger partial charge in [0.05, 0.1) is 0 Å². The molecular weight excluding hydrogens is 140 g/mol. The van der Waals surface area contributed by atoms with E-state index in [1.165, 1.54) is 6.92 Å². The molecule has 0 aliphatic rings. The average Bonchev–Trinajstić information content (AvgIpc) is 1.84. The van der Waals surface area contributed by atoms with E-state index in [2.05, 4.69) is 23.6 Å². The lowest BCUT2D eigenvalue weighted by atomic mass is 10.3. The fourth-order valence-electron chi connectivity index (χ4n) is 0.535. The summed E-state index contributed by atoms with van der Waals surface area (Å²) >= 11 is 0. The van der Waals surface area contributed by atoms with Crippen LogP contribution in [-0.2, 0) is 4.79 Å². The van der Waals surface area contributed by atoms with Gasteiger partial charge in [-0.2, -0.15) is 0 Å². The molecule has 0 bridgehead atoms. The smallest absolute Gasteiger partial charge is 0.222 e. The van der Waals surface area contributed by atoms with Crippen molar-refractivity contribution in [3.8, 4) is 0 Å². The van der Waals surface area contributed by atoms with Crippen molar-refractivity contribution < 1.29 is 4.79 Å². The highest BCUT2D eigenvalue weighted by Gasteiger charge is 1.94. The molecule has 11 heavy (non-hydrogen) atoms. The van der Waals surface area contributed by atoms with Crippen molar-refractivity contribution in [3.05, 3.63) is 24.0 Å². The van der Waals surface area contributed by atoms with Crippen molar-refractivity contribution >= 4 is 12.6 Å². The van der Waals surface area contributed by atoms with Gasteiger partial charge in [0.2, 0.25) is 5.91 Å². The van der Waals surface area contributed by atoms with Gasteiger partial charge in [0.25, 0.3) is 0 Å². The van der Waals surface area contributed by atoms with E-state index in [0.717, 1.165) is 5.57 Å². The fourth-order valence-corrected chi connectivity index (χ4v) is 0.535. The van der Waals surface area contributed by atoms with Gasteiger partial charge >= 0.3 is 0 Å². The Bertz CT molecular complexity index is 216. The van der Waals surface area contributed by atoms with Crippen LogP contribution < -0.4 is 5.32 Å². The monoisotopic (exact) mass is 152 g/mol. The predicted molar refractivity (Wildman–Crippen MR) is 46.3 cm³/mol. The molecular formula is C8H12N2O. The first-order chi connectivity index (χ1) is 5.06. The van der Waals surface area contributed by atoms with Crippen molar-refractivity contribution in [2.24, 2.45) is 4.99 Å². The van der Waals surface area contributed by atoms with Crippen LogP contribution in [0.15, 0.2) is 29.0 Å². The molecule has 0 radical (unpaired) electrons. The number of nitrogens with zero attached hydrogens (tertiary/aromatic N) is 1. The van der Waals surface area contributed by atoms with Crippen molar-refractivity contribution in [2.45, 2.75) is 13.8 Å². The summed E-state index contributed by atoms with van der Waals surface area (Å²) in [5.41, 5.74) is 0.821. The summed E-state index contributed by atoms with van der Waals surface area (Å²) in [5, 5.41) is 2.49. The van der Waals surface area contributed by atoms with Crippen molar-refractivity contribution in [1.29, 1.82) is 0 Å². The third-order valence-electron chi connectivity index (χ3n) is 0.858. The molecule has 0 heterocycles. The minimum Gasteiger partial charge on any atom is -0.311 e. The quantitative estimate of drug-likeness (QED) is 0.479. The largest absolute Gasteiger partial charge is 0.311 e. The third kappa shape index (κ3) is 5.08. The number of carbonyl (C=O) groups is 1. The van der Waals surface area contributed by atoms with Gasteiger partial charge in [-0.1, -0.05) is 12.2 Å². The lowest BCUT2D eigenvalue weighted by molar-refractivity contribution is -0.118. The first-order valence-electron chi connectivity index (χ1n) is 3.17. The number of hydrogen-bond donors (Lipinski definition) is 1. The summed E-state index contributed by atoms with van der Waals surface area (Å²) in [7, 11) is 0. The molecule has 0 aliphatic heterocycles. The number of amides is 1. The number of carbonyl (C=O) groups excluding carboxylic acids is 1. The van der Waals surface area contributed by atoms with E-state index < -0.39 is 0 Å². The number of rotatable bonds is 3. The average molecular weight is 152 g/mol. The second-order valence-corrected chi connectivity index (χ2v) is 2.22. The molecule has 1 N–H and O–H groups in total. The molecule has 0 rings (SSSR count). The summed E-state index contributed by atoms with van der Waals surface area (Å²) < 4.78 is 0. The molecule has 0 aromatic heterocycles. The molecule has 0 unspecified atom stereocenters. The van der Waals surface area contributed by atoms with Gasteiger partial charge in [0, 0.05) is 6.92 Å². The van der Waals surface area contributed by atoms with Gasteiger partial charge in [0.1, 0.15) is 5.82 Å². The van der Waals surface area contributed by atoms with E-state index >= 15 is 0 Å². The molecule has 3 nitrogen and oxygen atoms in total. The van der Waals surface area contributed by atoms with Crippen LogP contribution in [0.3, 0.4) is 0 Å². The SMILES string of the molecule is C=N/C(=C\C(=C)C)NC(C)=O. The van der Waals surface area contributed by atoms with Gasteiger partial charge < -0.3 is 5.32 Å². The van der Waals surface area contributed by atoms with Crippen molar-refractivity contribution in [2.75, 3.05) is 0 Å². The highest BCUT2D eigenvalue weighted by atomic mass is 16.1. The normalized spacial score (nSPS) is 10.5. The first kappa shape index (κ1) is 9.62. The highest BCUT2D eigenvalue weighted by Crippen LogP contribution is 1.96. The number of nitrogens with one attached hydrogen (secondary N) is 1. The van der Waals surface area contributed by atoms with E-state index in [0.29, 0.717) is 5.82 Å². The van der Waals surface area contributed by atoms with E-state index in [1.807, 2.05) is 6.92 Å². The predicted octanol–water partition coefficient (Wildman–Crippen LogP) is 1.24. The molecule has 3 heteroatoms. The molecule has 0 atom stereocenters. The lowest BCUT2D eigenvalue weighted by Crippen LogP contribution is -2.17. The molecule has 0 saturated carbocycles. The second kappa shape index (κ2) is 4.44. The summed E-state index contributed by atoms with van der Waals surface area (Å²) in [5.74, 6) is 0.273. The van der Waals surface area contributed by atoms with Crippen LogP contribution in [0.2, 0.25) is 0 Å². The molecule has 0 aromatic rings. The van der Waals surface area contributed by atoms with Gasteiger partial charge in [-0.3, -0.25) is 4.79 Å². The van der Waals surface area contributed by atoms with Gasteiger partial charge in [-0.05, 0) is 19.7 Å². The van der Waals surface area contributed by atoms with E-state index in [1.54, 1.807) is 6.08 Å². The zero-order valence-corrected chi connectivity index (χ0v) is 6.85. The Morgan fingerprint density at radius 2 is 2.09 bits per heavy atom. The summed E-state index contributed by atoms with van der Waals surface area (Å²) in [4.78, 5) is 14.1. The van der Waals surface area contributed by atoms with Crippen LogP contribution in [0.4, 0.5) is 0 Å². The lowest BCUT2D eigenvalue weighted by Gasteiger charge is -1.99. The standard InChI is InChI=1S/C8H12N2O/c1-6(2)5-8(9-4)10-7(3)11/h5H,1,4H2,2-3H3,(H,10,11)/b8-5+. The highest BCUT2D eigenvalue weighted by molar-refractivity contribution is 5.75. The third-order valence-corrected chi connectivity index (χ3v) is 0.858. The van der Waals surface area contributed by atoms with Crippen molar-refractivity contribution in [1.82, 2.24) is 5.32 Å². The molecule has 0 saturated heterocycles.